The summed E-state index contributed by atoms with van der Waals surface area (Å²) in [6.07, 6.45) is 1.78. The quantitative estimate of drug-likeness (QED) is 0.387. The first-order chi connectivity index (χ1) is 12.2. The highest BCUT2D eigenvalue weighted by atomic mass is 35.5. The van der Waals surface area contributed by atoms with Crippen LogP contribution in [0.15, 0.2) is 64.8 Å². The predicted octanol–water partition coefficient (Wildman–Crippen LogP) is 6.58. The molecule has 0 unspecified atom stereocenters. The maximum Gasteiger partial charge on any atom is 0.162 e. The number of aromatic nitrogens is 1. The Morgan fingerprint density at radius 2 is 1.84 bits per heavy atom. The van der Waals surface area contributed by atoms with Gasteiger partial charge in [-0.1, -0.05) is 53.3 Å². The number of thiazole rings is 1. The van der Waals surface area contributed by atoms with E-state index in [1.807, 2.05) is 49.4 Å². The number of hydrogen-bond acceptors (Lipinski definition) is 5. The van der Waals surface area contributed by atoms with E-state index in [-0.39, 0.29) is 0 Å². The Bertz CT molecular complexity index is 967. The number of benzene rings is 2. The molecule has 0 amide bonds. The average Bonchev–Trinajstić information content (AvgIpc) is 3.01. The van der Waals surface area contributed by atoms with Gasteiger partial charge < -0.3 is 0 Å². The van der Waals surface area contributed by atoms with Crippen LogP contribution >= 0.6 is 22.9 Å². The van der Waals surface area contributed by atoms with Crippen LogP contribution < -0.4 is 0 Å². The summed E-state index contributed by atoms with van der Waals surface area (Å²) < 4.78 is 0. The van der Waals surface area contributed by atoms with Crippen molar-refractivity contribution in [2.45, 2.75) is 6.92 Å². The van der Waals surface area contributed by atoms with Crippen molar-refractivity contribution in [3.63, 3.8) is 0 Å². The molecule has 0 atom stereocenters. The van der Waals surface area contributed by atoms with E-state index in [1.54, 1.807) is 18.2 Å². The summed E-state index contributed by atoms with van der Waals surface area (Å²) in [5.41, 5.74) is 2.89. The van der Waals surface area contributed by atoms with Gasteiger partial charge in [-0.05, 0) is 42.8 Å². The molecule has 0 saturated heterocycles. The van der Waals surface area contributed by atoms with E-state index >= 15 is 0 Å². The number of nitriles is 1. The number of rotatable bonds is 4. The lowest BCUT2D eigenvalue weighted by Crippen LogP contribution is -1.81. The Balaban J connectivity index is 1.88. The van der Waals surface area contributed by atoms with Crippen LogP contribution in [0.4, 0.5) is 10.7 Å². The molecule has 0 aliphatic rings. The molecule has 0 aliphatic carbocycles. The maximum absolute atomic E-state index is 9.47. The highest BCUT2D eigenvalue weighted by molar-refractivity contribution is 7.16. The third kappa shape index (κ3) is 4.38. The van der Waals surface area contributed by atoms with Gasteiger partial charge in [0.05, 0.1) is 17.0 Å². The largest absolute Gasteiger partial charge is 0.238 e. The monoisotopic (exact) mass is 364 g/mol. The molecule has 0 bridgehead atoms. The lowest BCUT2D eigenvalue weighted by atomic mass is 10.1. The predicted molar refractivity (Wildman–Crippen MR) is 102 cm³/mol. The van der Waals surface area contributed by atoms with Crippen LogP contribution in [0, 0.1) is 18.3 Å². The molecule has 1 aromatic heterocycles. The Hall–Kier alpha value is -2.81. The van der Waals surface area contributed by atoms with Gasteiger partial charge in [-0.25, -0.2) is 4.98 Å². The van der Waals surface area contributed by atoms with Gasteiger partial charge in [0.1, 0.15) is 11.1 Å². The average molecular weight is 365 g/mol. The topological polar surface area (TPSA) is 61.4 Å². The SMILES string of the molecule is Cc1nc(C(C#N)=Cc2ccc(Cl)cc2)sc1N=Nc1ccccc1. The van der Waals surface area contributed by atoms with E-state index in [0.717, 1.165) is 16.9 Å². The molecule has 25 heavy (non-hydrogen) atoms. The minimum Gasteiger partial charge on any atom is -0.238 e. The molecule has 4 nitrogen and oxygen atoms in total. The summed E-state index contributed by atoms with van der Waals surface area (Å²) in [7, 11) is 0. The second-order valence-corrected chi connectivity index (χ2v) is 6.58. The lowest BCUT2D eigenvalue weighted by molar-refractivity contribution is 1.18. The maximum atomic E-state index is 9.47. The van der Waals surface area contributed by atoms with E-state index < -0.39 is 0 Å². The molecule has 6 heteroatoms. The summed E-state index contributed by atoms with van der Waals surface area (Å²) in [6.45, 7) is 1.86. The third-order valence-corrected chi connectivity index (χ3v) is 4.64. The van der Waals surface area contributed by atoms with Crippen LogP contribution in [0.25, 0.3) is 11.6 Å². The minimum atomic E-state index is 0.483. The van der Waals surface area contributed by atoms with E-state index in [4.69, 9.17) is 11.6 Å². The third-order valence-electron chi connectivity index (χ3n) is 3.32. The van der Waals surface area contributed by atoms with Crippen molar-refractivity contribution >= 4 is 45.3 Å². The number of allylic oxidation sites excluding steroid dienone is 1. The molecular formula is C19H13ClN4S. The van der Waals surface area contributed by atoms with Gasteiger partial charge in [0.25, 0.3) is 0 Å². The van der Waals surface area contributed by atoms with Gasteiger partial charge in [-0.15, -0.1) is 10.2 Å². The lowest BCUT2D eigenvalue weighted by Gasteiger charge is -1.95. The van der Waals surface area contributed by atoms with E-state index in [2.05, 4.69) is 21.3 Å². The van der Waals surface area contributed by atoms with Crippen LogP contribution in [0.3, 0.4) is 0 Å². The van der Waals surface area contributed by atoms with Crippen molar-refractivity contribution in [2.75, 3.05) is 0 Å². The molecule has 3 aromatic rings. The van der Waals surface area contributed by atoms with Gasteiger partial charge in [-0.2, -0.15) is 5.26 Å². The molecule has 0 spiro atoms. The first-order valence-corrected chi connectivity index (χ1v) is 8.67. The fourth-order valence-electron chi connectivity index (χ4n) is 2.06. The summed E-state index contributed by atoms with van der Waals surface area (Å²) in [5, 5.41) is 19.9. The normalized spacial score (nSPS) is 11.6. The van der Waals surface area contributed by atoms with E-state index in [0.29, 0.717) is 20.6 Å². The van der Waals surface area contributed by atoms with Gasteiger partial charge >= 0.3 is 0 Å². The number of hydrogen-bond donors (Lipinski definition) is 0. The zero-order valence-electron chi connectivity index (χ0n) is 13.3. The first-order valence-electron chi connectivity index (χ1n) is 7.47. The van der Waals surface area contributed by atoms with Crippen molar-refractivity contribution in [3.8, 4) is 6.07 Å². The Morgan fingerprint density at radius 3 is 2.52 bits per heavy atom. The van der Waals surface area contributed by atoms with Crippen molar-refractivity contribution in [2.24, 2.45) is 10.2 Å². The highest BCUT2D eigenvalue weighted by Crippen LogP contribution is 2.33. The number of halogens is 1. The smallest absolute Gasteiger partial charge is 0.162 e. The molecule has 1 heterocycles. The van der Waals surface area contributed by atoms with Crippen LogP contribution in [-0.2, 0) is 0 Å². The van der Waals surface area contributed by atoms with Crippen molar-refractivity contribution in [1.82, 2.24) is 4.98 Å². The highest BCUT2D eigenvalue weighted by Gasteiger charge is 2.11. The van der Waals surface area contributed by atoms with Gasteiger partial charge in [0, 0.05) is 5.02 Å². The first kappa shape index (κ1) is 17.0. The van der Waals surface area contributed by atoms with E-state index in [1.165, 1.54) is 11.3 Å². The number of nitrogens with zero attached hydrogens (tertiary/aromatic N) is 4. The summed E-state index contributed by atoms with van der Waals surface area (Å²) >= 11 is 7.24. The van der Waals surface area contributed by atoms with Crippen LogP contribution in [0.1, 0.15) is 16.3 Å². The number of azo groups is 1. The number of aryl methyl sites for hydroxylation is 1. The molecule has 0 fully saturated rings. The molecule has 0 N–H and O–H groups in total. The molecule has 2 aromatic carbocycles. The fraction of sp³-hybridized carbons (Fsp3) is 0.0526. The van der Waals surface area contributed by atoms with E-state index in [9.17, 15) is 5.26 Å². The van der Waals surface area contributed by atoms with Crippen molar-refractivity contribution < 1.29 is 0 Å². The second kappa shape index (κ2) is 7.84. The van der Waals surface area contributed by atoms with Crippen LogP contribution in [0.2, 0.25) is 5.02 Å². The Morgan fingerprint density at radius 1 is 1.12 bits per heavy atom. The summed E-state index contributed by atoms with van der Waals surface area (Å²) in [4.78, 5) is 4.46. The van der Waals surface area contributed by atoms with Crippen molar-refractivity contribution in [3.05, 3.63) is 75.9 Å². The molecule has 3 rings (SSSR count). The van der Waals surface area contributed by atoms with Gasteiger partial charge in [0.2, 0.25) is 0 Å². The molecule has 0 radical (unpaired) electrons. The van der Waals surface area contributed by atoms with Gasteiger partial charge in [0.15, 0.2) is 5.00 Å². The fourth-order valence-corrected chi connectivity index (χ4v) is 3.04. The van der Waals surface area contributed by atoms with Gasteiger partial charge in [-0.3, -0.25) is 0 Å². The zero-order valence-corrected chi connectivity index (χ0v) is 14.9. The molecule has 122 valence electrons. The zero-order chi connectivity index (χ0) is 17.6. The van der Waals surface area contributed by atoms with Crippen molar-refractivity contribution in [1.29, 1.82) is 5.26 Å². The molecule has 0 saturated carbocycles. The minimum absolute atomic E-state index is 0.483. The van der Waals surface area contributed by atoms with Crippen LogP contribution in [0.5, 0.6) is 0 Å². The standard InChI is InChI=1S/C19H13ClN4S/c1-13-18(24-23-17-5-3-2-4-6-17)25-19(22-13)15(12-21)11-14-7-9-16(20)10-8-14/h2-11H,1H3. The summed E-state index contributed by atoms with van der Waals surface area (Å²) in [6, 6.07) is 19.0. The Labute approximate surface area is 154 Å². The second-order valence-electron chi connectivity index (χ2n) is 5.17. The summed E-state index contributed by atoms with van der Waals surface area (Å²) in [5.74, 6) is 0. The Kier molecular flexibility index (Phi) is 5.34. The molecule has 0 aliphatic heterocycles. The van der Waals surface area contributed by atoms with Crippen LogP contribution in [-0.4, -0.2) is 4.98 Å². The molecular weight excluding hydrogens is 352 g/mol.